The van der Waals surface area contributed by atoms with Gasteiger partial charge in [0.25, 0.3) is 0 Å². The van der Waals surface area contributed by atoms with E-state index in [1.807, 2.05) is 37.3 Å². The van der Waals surface area contributed by atoms with Crippen molar-refractivity contribution in [1.29, 1.82) is 0 Å². The number of rotatable bonds is 5. The average molecular weight is 292 g/mol. The summed E-state index contributed by atoms with van der Waals surface area (Å²) >= 11 is 0. The second-order valence-electron chi connectivity index (χ2n) is 5.39. The van der Waals surface area contributed by atoms with Gasteiger partial charge < -0.3 is 20.5 Å². The highest BCUT2D eigenvalue weighted by Crippen LogP contribution is 2.35. The van der Waals surface area contributed by atoms with Gasteiger partial charge in [0, 0.05) is 19.8 Å². The zero-order valence-corrected chi connectivity index (χ0v) is 12.5. The first-order chi connectivity index (χ1) is 10.2. The maximum absolute atomic E-state index is 11.6. The Hall–Kier alpha value is -1.59. The van der Waals surface area contributed by atoms with Crippen molar-refractivity contribution in [3.05, 3.63) is 35.9 Å². The van der Waals surface area contributed by atoms with Crippen LogP contribution in [0.15, 0.2) is 30.3 Å². The van der Waals surface area contributed by atoms with E-state index >= 15 is 0 Å². The van der Waals surface area contributed by atoms with Crippen molar-refractivity contribution in [1.82, 2.24) is 10.6 Å². The molecule has 21 heavy (non-hydrogen) atoms. The maximum Gasteiger partial charge on any atom is 0.314 e. The van der Waals surface area contributed by atoms with Crippen molar-refractivity contribution in [2.45, 2.75) is 25.4 Å². The van der Waals surface area contributed by atoms with Crippen molar-refractivity contribution < 1.29 is 14.6 Å². The van der Waals surface area contributed by atoms with Crippen LogP contribution in [0.5, 0.6) is 0 Å². The van der Waals surface area contributed by atoms with Crippen LogP contribution in [-0.4, -0.2) is 37.4 Å². The lowest BCUT2D eigenvalue weighted by atomic mass is 9.77. The Morgan fingerprint density at radius 1 is 1.29 bits per heavy atom. The van der Waals surface area contributed by atoms with E-state index in [9.17, 15) is 9.90 Å². The molecule has 0 radical (unpaired) electrons. The molecule has 1 aliphatic rings. The third-order valence-electron chi connectivity index (χ3n) is 4.03. The Kier molecular flexibility index (Phi) is 5.59. The van der Waals surface area contributed by atoms with Gasteiger partial charge in [-0.15, -0.1) is 0 Å². The first-order valence-electron chi connectivity index (χ1n) is 7.54. The summed E-state index contributed by atoms with van der Waals surface area (Å²) in [5.74, 6) is 0.0792. The predicted octanol–water partition coefficient (Wildman–Crippen LogP) is 1.62. The molecule has 0 unspecified atom stereocenters. The Morgan fingerprint density at radius 3 is 2.57 bits per heavy atom. The number of aliphatic hydroxyl groups is 1. The summed E-state index contributed by atoms with van der Waals surface area (Å²) in [4.78, 5) is 11.6. The Morgan fingerprint density at radius 2 is 1.95 bits per heavy atom. The van der Waals surface area contributed by atoms with Gasteiger partial charge in [0.2, 0.25) is 0 Å². The van der Waals surface area contributed by atoms with Crippen molar-refractivity contribution >= 4 is 6.03 Å². The molecule has 5 heteroatoms. The van der Waals surface area contributed by atoms with Gasteiger partial charge >= 0.3 is 6.03 Å². The number of ether oxygens (including phenoxy) is 1. The fraction of sp³-hybridized carbons (Fsp3) is 0.562. The number of hydrogen-bond acceptors (Lipinski definition) is 3. The zero-order chi connectivity index (χ0) is 15.1. The van der Waals surface area contributed by atoms with E-state index in [1.165, 1.54) is 0 Å². The molecule has 3 N–H and O–H groups in total. The van der Waals surface area contributed by atoms with Gasteiger partial charge in [0.15, 0.2) is 0 Å². The van der Waals surface area contributed by atoms with Crippen LogP contribution in [0.25, 0.3) is 0 Å². The topological polar surface area (TPSA) is 70.6 Å². The van der Waals surface area contributed by atoms with E-state index < -0.39 is 5.60 Å². The number of benzene rings is 1. The SMILES string of the molecule is CCNC(=O)NC[C@@](O)(c1ccccc1)C1CCOCC1. The quantitative estimate of drug-likeness (QED) is 0.772. The summed E-state index contributed by atoms with van der Waals surface area (Å²) in [6, 6.07) is 9.31. The second-order valence-corrected chi connectivity index (χ2v) is 5.39. The summed E-state index contributed by atoms with van der Waals surface area (Å²) in [5.41, 5.74) is -0.218. The number of amides is 2. The van der Waals surface area contributed by atoms with Gasteiger partial charge in [-0.1, -0.05) is 30.3 Å². The van der Waals surface area contributed by atoms with Crippen LogP contribution in [0, 0.1) is 5.92 Å². The van der Waals surface area contributed by atoms with Crippen LogP contribution in [0.3, 0.4) is 0 Å². The molecule has 1 aromatic rings. The molecule has 5 nitrogen and oxygen atoms in total. The molecule has 2 rings (SSSR count). The Balaban J connectivity index is 2.15. The molecule has 0 saturated carbocycles. The van der Waals surface area contributed by atoms with E-state index in [0.29, 0.717) is 19.8 Å². The molecule has 0 spiro atoms. The van der Waals surface area contributed by atoms with Crippen LogP contribution in [0.1, 0.15) is 25.3 Å². The highest BCUT2D eigenvalue weighted by molar-refractivity contribution is 5.73. The highest BCUT2D eigenvalue weighted by Gasteiger charge is 2.39. The largest absolute Gasteiger partial charge is 0.383 e. The monoisotopic (exact) mass is 292 g/mol. The van der Waals surface area contributed by atoms with Gasteiger partial charge in [-0.25, -0.2) is 4.79 Å². The lowest BCUT2D eigenvalue weighted by Crippen LogP contribution is -2.49. The van der Waals surface area contributed by atoms with E-state index in [0.717, 1.165) is 18.4 Å². The summed E-state index contributed by atoms with van der Waals surface area (Å²) in [6.07, 6.45) is 1.59. The highest BCUT2D eigenvalue weighted by atomic mass is 16.5. The summed E-state index contributed by atoms with van der Waals surface area (Å²) < 4.78 is 5.38. The molecule has 1 saturated heterocycles. The van der Waals surface area contributed by atoms with E-state index in [-0.39, 0.29) is 18.5 Å². The Labute approximate surface area is 125 Å². The van der Waals surface area contributed by atoms with Gasteiger partial charge in [-0.3, -0.25) is 0 Å². The molecule has 1 fully saturated rings. The maximum atomic E-state index is 11.6. The predicted molar refractivity (Wildman–Crippen MR) is 81.0 cm³/mol. The van der Waals surface area contributed by atoms with E-state index in [2.05, 4.69) is 10.6 Å². The minimum absolute atomic E-state index is 0.0792. The van der Waals surface area contributed by atoms with Crippen LogP contribution in [0.2, 0.25) is 0 Å². The molecule has 2 amide bonds. The number of carbonyl (C=O) groups is 1. The number of carbonyl (C=O) groups excluding carboxylic acids is 1. The molecule has 1 aromatic carbocycles. The smallest absolute Gasteiger partial charge is 0.314 e. The first-order valence-corrected chi connectivity index (χ1v) is 7.54. The number of hydrogen-bond donors (Lipinski definition) is 3. The third-order valence-corrected chi connectivity index (χ3v) is 4.03. The Bertz CT molecular complexity index is 446. The van der Waals surface area contributed by atoms with E-state index in [4.69, 9.17) is 4.74 Å². The summed E-state index contributed by atoms with van der Waals surface area (Å²) in [6.45, 7) is 3.93. The van der Waals surface area contributed by atoms with Crippen LogP contribution in [0.4, 0.5) is 4.79 Å². The van der Waals surface area contributed by atoms with Gasteiger partial charge in [-0.2, -0.15) is 0 Å². The lowest BCUT2D eigenvalue weighted by Gasteiger charge is -2.39. The molecule has 0 bridgehead atoms. The molecule has 1 aliphatic heterocycles. The van der Waals surface area contributed by atoms with Crippen molar-refractivity contribution in [2.75, 3.05) is 26.3 Å². The molecular weight excluding hydrogens is 268 g/mol. The van der Waals surface area contributed by atoms with Crippen molar-refractivity contribution in [3.8, 4) is 0 Å². The molecule has 116 valence electrons. The zero-order valence-electron chi connectivity index (χ0n) is 12.5. The van der Waals surface area contributed by atoms with Gasteiger partial charge in [-0.05, 0) is 31.2 Å². The molecule has 0 aromatic heterocycles. The normalized spacial score (nSPS) is 18.8. The van der Waals surface area contributed by atoms with Crippen LogP contribution >= 0.6 is 0 Å². The van der Waals surface area contributed by atoms with Gasteiger partial charge in [0.05, 0.1) is 6.54 Å². The van der Waals surface area contributed by atoms with E-state index in [1.54, 1.807) is 0 Å². The van der Waals surface area contributed by atoms with Crippen LogP contribution in [-0.2, 0) is 10.3 Å². The van der Waals surface area contributed by atoms with Crippen molar-refractivity contribution in [2.24, 2.45) is 5.92 Å². The summed E-state index contributed by atoms with van der Waals surface area (Å²) in [7, 11) is 0. The number of nitrogens with one attached hydrogen (secondary N) is 2. The standard InChI is InChI=1S/C16H24N2O3/c1-2-17-15(19)18-12-16(20,13-6-4-3-5-7-13)14-8-10-21-11-9-14/h3-7,14,20H,2,8-12H2,1H3,(H2,17,18,19)/t16-/m1/s1. The molecule has 0 aliphatic carbocycles. The second kappa shape index (κ2) is 7.43. The fourth-order valence-corrected chi connectivity index (χ4v) is 2.82. The first kappa shape index (κ1) is 15.8. The lowest BCUT2D eigenvalue weighted by molar-refractivity contribution is -0.0675. The third kappa shape index (κ3) is 3.95. The van der Waals surface area contributed by atoms with Crippen molar-refractivity contribution in [3.63, 3.8) is 0 Å². The van der Waals surface area contributed by atoms with Crippen LogP contribution < -0.4 is 10.6 Å². The fourth-order valence-electron chi connectivity index (χ4n) is 2.82. The number of urea groups is 1. The minimum atomic E-state index is -1.06. The molecule has 1 atom stereocenters. The molecular formula is C16H24N2O3. The summed E-state index contributed by atoms with van der Waals surface area (Å²) in [5, 5.41) is 16.7. The minimum Gasteiger partial charge on any atom is -0.383 e. The molecule has 1 heterocycles. The average Bonchev–Trinajstić information content (AvgIpc) is 2.54. The van der Waals surface area contributed by atoms with Gasteiger partial charge in [0.1, 0.15) is 5.60 Å².